The van der Waals surface area contributed by atoms with Gasteiger partial charge in [0.1, 0.15) is 15.4 Å². The zero-order chi connectivity index (χ0) is 21.5. The van der Waals surface area contributed by atoms with Crippen molar-refractivity contribution >= 4 is 39.1 Å². The molecule has 31 heavy (non-hydrogen) atoms. The van der Waals surface area contributed by atoms with Crippen LogP contribution < -0.4 is 0 Å². The summed E-state index contributed by atoms with van der Waals surface area (Å²) in [4.78, 5) is 16.8. The van der Waals surface area contributed by atoms with Crippen LogP contribution in [0.15, 0.2) is 54.6 Å². The summed E-state index contributed by atoms with van der Waals surface area (Å²) in [7, 11) is 0. The van der Waals surface area contributed by atoms with Gasteiger partial charge in [0.05, 0.1) is 16.1 Å². The molecule has 2 aromatic heterocycles. The maximum absolute atomic E-state index is 13.4. The predicted molar refractivity (Wildman–Crippen MR) is 128 cm³/mol. The Morgan fingerprint density at radius 1 is 1.06 bits per heavy atom. The number of carbonyl (C=O) groups excluding carboxylic acids is 1. The van der Waals surface area contributed by atoms with Gasteiger partial charge < -0.3 is 4.90 Å². The number of thiophene rings is 1. The minimum atomic E-state index is 0.0348. The molecule has 5 rings (SSSR count). The van der Waals surface area contributed by atoms with Gasteiger partial charge in [-0.15, -0.1) is 11.3 Å². The van der Waals surface area contributed by atoms with Crippen molar-refractivity contribution in [2.45, 2.75) is 26.7 Å². The largest absolute Gasteiger partial charge is 0.338 e. The van der Waals surface area contributed by atoms with Crippen molar-refractivity contribution in [2.75, 3.05) is 13.1 Å². The first-order valence-electron chi connectivity index (χ1n) is 10.7. The molecule has 6 heteroatoms. The van der Waals surface area contributed by atoms with Crippen LogP contribution in [0.3, 0.4) is 0 Å². The molecule has 4 aromatic rings. The van der Waals surface area contributed by atoms with Crippen LogP contribution in [-0.4, -0.2) is 33.7 Å². The Labute approximate surface area is 191 Å². The summed E-state index contributed by atoms with van der Waals surface area (Å²) < 4.78 is 1.91. The number of amides is 1. The van der Waals surface area contributed by atoms with Crippen LogP contribution in [0.2, 0.25) is 5.02 Å². The number of rotatable bonds is 3. The van der Waals surface area contributed by atoms with Crippen LogP contribution in [0, 0.1) is 12.8 Å². The molecule has 0 aliphatic carbocycles. The van der Waals surface area contributed by atoms with Gasteiger partial charge in [-0.25, -0.2) is 4.68 Å². The molecule has 1 aliphatic heterocycles. The average molecular weight is 450 g/mol. The topological polar surface area (TPSA) is 38.1 Å². The second kappa shape index (κ2) is 8.13. The molecule has 0 saturated carbocycles. The lowest BCUT2D eigenvalue weighted by atomic mass is 9.99. The lowest BCUT2D eigenvalue weighted by Crippen LogP contribution is -2.37. The molecular weight excluding hydrogens is 426 g/mol. The number of hydrogen-bond acceptors (Lipinski definition) is 3. The van der Waals surface area contributed by atoms with Gasteiger partial charge in [0.15, 0.2) is 0 Å². The van der Waals surface area contributed by atoms with Crippen LogP contribution in [-0.2, 0) is 0 Å². The third kappa shape index (κ3) is 3.66. The second-order valence-electron chi connectivity index (χ2n) is 8.36. The average Bonchev–Trinajstić information content (AvgIpc) is 3.33. The molecular formula is C25H24ClN3OS. The summed E-state index contributed by atoms with van der Waals surface area (Å²) in [5, 5.41) is 6.29. The van der Waals surface area contributed by atoms with E-state index in [2.05, 4.69) is 38.1 Å². The maximum atomic E-state index is 13.4. The van der Waals surface area contributed by atoms with Gasteiger partial charge in [-0.1, -0.05) is 66.6 Å². The number of likely N-dealkylation sites (tertiary alicyclic amines) is 1. The highest BCUT2D eigenvalue weighted by molar-refractivity contribution is 7.21. The molecule has 0 spiro atoms. The van der Waals surface area contributed by atoms with Gasteiger partial charge >= 0.3 is 0 Å². The molecule has 1 aliphatic rings. The number of carbonyl (C=O) groups is 1. The second-order valence-corrected chi connectivity index (χ2v) is 9.74. The van der Waals surface area contributed by atoms with E-state index >= 15 is 0 Å². The number of hydrogen-bond donors (Lipinski definition) is 0. The highest BCUT2D eigenvalue weighted by Crippen LogP contribution is 2.43. The molecule has 2 aromatic carbocycles. The Kier molecular flexibility index (Phi) is 5.32. The zero-order valence-electron chi connectivity index (χ0n) is 17.6. The fourth-order valence-electron chi connectivity index (χ4n) is 4.10. The third-order valence-electron chi connectivity index (χ3n) is 6.05. The Balaban J connectivity index is 1.67. The van der Waals surface area contributed by atoms with Gasteiger partial charge in [0, 0.05) is 18.7 Å². The van der Waals surface area contributed by atoms with E-state index in [-0.39, 0.29) is 5.91 Å². The predicted octanol–water partition coefficient (Wildman–Crippen LogP) is 6.59. The zero-order valence-corrected chi connectivity index (χ0v) is 19.2. The van der Waals surface area contributed by atoms with Gasteiger partial charge in [-0.05, 0) is 37.8 Å². The van der Waals surface area contributed by atoms with Crippen molar-refractivity contribution in [2.24, 2.45) is 5.92 Å². The Morgan fingerprint density at radius 3 is 2.42 bits per heavy atom. The monoisotopic (exact) mass is 449 g/mol. The van der Waals surface area contributed by atoms with Gasteiger partial charge in [-0.3, -0.25) is 4.79 Å². The van der Waals surface area contributed by atoms with E-state index in [1.54, 1.807) is 0 Å². The summed E-state index contributed by atoms with van der Waals surface area (Å²) in [5.41, 5.74) is 3.95. The Bertz CT molecular complexity index is 1240. The molecule has 1 saturated heterocycles. The number of para-hydroxylation sites is 1. The first kappa shape index (κ1) is 20.3. The SMILES string of the molecule is Cc1ccc(-c2nn(-c3ccccc3)c3sc(C(=O)N4CCC(C)CC4)c(Cl)c23)cc1. The molecule has 158 valence electrons. The normalized spacial score (nSPS) is 15.0. The number of halogens is 1. The smallest absolute Gasteiger partial charge is 0.265 e. The molecule has 0 atom stereocenters. The third-order valence-corrected chi connectivity index (χ3v) is 7.69. The summed E-state index contributed by atoms with van der Waals surface area (Å²) in [6.45, 7) is 5.90. The van der Waals surface area contributed by atoms with E-state index in [4.69, 9.17) is 16.7 Å². The fourth-order valence-corrected chi connectivity index (χ4v) is 5.67. The number of nitrogens with zero attached hydrogens (tertiary/aromatic N) is 3. The quantitative estimate of drug-likeness (QED) is 0.354. The molecule has 4 nitrogen and oxygen atoms in total. The maximum Gasteiger partial charge on any atom is 0.265 e. The molecule has 3 heterocycles. The molecule has 0 unspecified atom stereocenters. The molecule has 1 fully saturated rings. The molecule has 0 bridgehead atoms. The lowest BCUT2D eigenvalue weighted by molar-refractivity contribution is 0.0702. The standard InChI is InChI=1S/C25H24ClN3OS/c1-16-8-10-18(11-9-16)22-20-21(26)23(24(30)28-14-12-17(2)13-15-28)31-25(20)29(27-22)19-6-4-3-5-7-19/h3-11,17H,12-15H2,1-2H3. The summed E-state index contributed by atoms with van der Waals surface area (Å²) in [6.07, 6.45) is 2.08. The number of fused-ring (bicyclic) bond motifs is 1. The van der Waals surface area contributed by atoms with Crippen LogP contribution in [0.4, 0.5) is 0 Å². The van der Waals surface area contributed by atoms with E-state index in [0.29, 0.717) is 15.8 Å². The summed E-state index contributed by atoms with van der Waals surface area (Å²) in [6, 6.07) is 18.3. The fraction of sp³-hybridized carbons (Fsp3) is 0.280. The van der Waals surface area contributed by atoms with E-state index in [0.717, 1.165) is 53.1 Å². The van der Waals surface area contributed by atoms with Gasteiger partial charge in [0.25, 0.3) is 5.91 Å². The van der Waals surface area contributed by atoms with Crippen molar-refractivity contribution < 1.29 is 4.79 Å². The number of benzene rings is 2. The first-order valence-corrected chi connectivity index (χ1v) is 11.8. The van der Waals surface area contributed by atoms with Crippen molar-refractivity contribution in [1.82, 2.24) is 14.7 Å². The minimum Gasteiger partial charge on any atom is -0.338 e. The van der Waals surface area contributed by atoms with Crippen LogP contribution in [0.5, 0.6) is 0 Å². The summed E-state index contributed by atoms with van der Waals surface area (Å²) >= 11 is 8.34. The van der Waals surface area contributed by atoms with Crippen LogP contribution in [0.1, 0.15) is 35.0 Å². The van der Waals surface area contributed by atoms with Crippen molar-refractivity contribution in [3.63, 3.8) is 0 Å². The Hall–Kier alpha value is -2.63. The van der Waals surface area contributed by atoms with Crippen molar-refractivity contribution in [3.8, 4) is 16.9 Å². The highest BCUT2D eigenvalue weighted by Gasteiger charge is 2.29. The van der Waals surface area contributed by atoms with E-state index in [1.165, 1.54) is 16.9 Å². The van der Waals surface area contributed by atoms with Crippen molar-refractivity contribution in [1.29, 1.82) is 0 Å². The minimum absolute atomic E-state index is 0.0348. The lowest BCUT2D eigenvalue weighted by Gasteiger charge is -2.30. The van der Waals surface area contributed by atoms with Crippen LogP contribution in [0.25, 0.3) is 27.2 Å². The number of aryl methyl sites for hydroxylation is 1. The molecule has 1 amide bonds. The Morgan fingerprint density at radius 2 is 1.74 bits per heavy atom. The van der Waals surface area contributed by atoms with E-state index in [9.17, 15) is 4.79 Å². The number of piperidine rings is 1. The van der Waals surface area contributed by atoms with E-state index < -0.39 is 0 Å². The first-order chi connectivity index (χ1) is 15.0. The van der Waals surface area contributed by atoms with Crippen LogP contribution >= 0.6 is 22.9 Å². The van der Waals surface area contributed by atoms with Crippen molar-refractivity contribution in [3.05, 3.63) is 70.1 Å². The molecule has 0 N–H and O–H groups in total. The summed E-state index contributed by atoms with van der Waals surface area (Å²) in [5.74, 6) is 0.703. The van der Waals surface area contributed by atoms with E-state index in [1.807, 2.05) is 39.9 Å². The van der Waals surface area contributed by atoms with Gasteiger partial charge in [-0.2, -0.15) is 5.10 Å². The van der Waals surface area contributed by atoms with Gasteiger partial charge in [0.2, 0.25) is 0 Å². The number of aromatic nitrogens is 2. The highest BCUT2D eigenvalue weighted by atomic mass is 35.5. The molecule has 0 radical (unpaired) electrons.